The van der Waals surface area contributed by atoms with Gasteiger partial charge in [0.05, 0.1) is 18.7 Å². The molecular weight excluding hydrogens is 364 g/mol. The molecular formula is C22H20N6O. The molecule has 2 aromatic heterocycles. The Bertz CT molecular complexity index is 1130. The van der Waals surface area contributed by atoms with E-state index < -0.39 is 0 Å². The van der Waals surface area contributed by atoms with Crippen LogP contribution >= 0.6 is 0 Å². The first-order valence-electron chi connectivity index (χ1n) is 9.58. The number of rotatable bonds is 4. The maximum atomic E-state index is 5.47. The summed E-state index contributed by atoms with van der Waals surface area (Å²) in [7, 11) is 0. The van der Waals surface area contributed by atoms with Gasteiger partial charge in [-0.05, 0) is 41.5 Å². The summed E-state index contributed by atoms with van der Waals surface area (Å²) in [5.41, 5.74) is 4.38. The van der Waals surface area contributed by atoms with Gasteiger partial charge in [-0.3, -0.25) is 0 Å². The fraction of sp³-hybridized carbons (Fsp3) is 0.182. The molecule has 7 nitrogen and oxygen atoms in total. The average molecular weight is 384 g/mol. The number of hydrogen-bond donors (Lipinski definition) is 1. The van der Waals surface area contributed by atoms with Crippen molar-refractivity contribution in [1.82, 2.24) is 19.9 Å². The van der Waals surface area contributed by atoms with Crippen molar-refractivity contribution in [3.63, 3.8) is 0 Å². The van der Waals surface area contributed by atoms with Gasteiger partial charge in [0, 0.05) is 30.4 Å². The van der Waals surface area contributed by atoms with Crippen molar-refractivity contribution in [2.75, 3.05) is 36.5 Å². The number of ether oxygens (including phenoxy) is 1. The number of fused-ring (bicyclic) bond motifs is 1. The Labute approximate surface area is 168 Å². The Kier molecular flexibility index (Phi) is 4.72. The van der Waals surface area contributed by atoms with Crippen LogP contribution in [0.5, 0.6) is 0 Å². The van der Waals surface area contributed by atoms with Gasteiger partial charge < -0.3 is 15.0 Å². The summed E-state index contributed by atoms with van der Waals surface area (Å²) in [6.45, 7) is 3.38. The second-order valence-electron chi connectivity index (χ2n) is 6.82. The lowest BCUT2D eigenvalue weighted by molar-refractivity contribution is 0.122. The van der Waals surface area contributed by atoms with Crippen LogP contribution in [0.1, 0.15) is 0 Å². The number of nitrogens with one attached hydrogen (secondary N) is 1. The van der Waals surface area contributed by atoms with E-state index in [9.17, 15) is 0 Å². The Balaban J connectivity index is 1.52. The molecule has 0 saturated carbocycles. The molecule has 0 bridgehead atoms. The quantitative estimate of drug-likeness (QED) is 0.575. The van der Waals surface area contributed by atoms with Crippen molar-refractivity contribution in [3.05, 3.63) is 67.4 Å². The fourth-order valence-corrected chi connectivity index (χ4v) is 3.53. The van der Waals surface area contributed by atoms with Gasteiger partial charge in [-0.2, -0.15) is 0 Å². The summed E-state index contributed by atoms with van der Waals surface area (Å²) < 4.78 is 5.47. The lowest BCUT2D eigenvalue weighted by Gasteiger charge is -2.29. The zero-order chi connectivity index (χ0) is 19.5. The Morgan fingerprint density at radius 2 is 1.76 bits per heavy atom. The van der Waals surface area contributed by atoms with Crippen molar-refractivity contribution in [2.24, 2.45) is 0 Å². The summed E-state index contributed by atoms with van der Waals surface area (Å²) in [5.74, 6) is 1.42. The highest BCUT2D eigenvalue weighted by atomic mass is 16.5. The maximum Gasteiger partial charge on any atom is 0.142 e. The van der Waals surface area contributed by atoms with Gasteiger partial charge in [0.25, 0.3) is 0 Å². The molecule has 1 saturated heterocycles. The van der Waals surface area contributed by atoms with Crippen LogP contribution in [0.25, 0.3) is 22.0 Å². The Morgan fingerprint density at radius 3 is 2.62 bits per heavy atom. The standard InChI is InChI=1S/C22H20N6O/c1-2-16(12-18(3-1)28-8-10-29-11-9-28)17-4-5-20-19(13-17)22(26-15-24-20)27-21-6-7-23-14-25-21/h1-7,12-15H,8-11H2,(H,23,24,25,26,27). The molecule has 2 aromatic carbocycles. The minimum absolute atomic E-state index is 0.694. The molecule has 1 aliphatic rings. The maximum absolute atomic E-state index is 5.47. The third-order valence-electron chi connectivity index (χ3n) is 5.02. The summed E-state index contributed by atoms with van der Waals surface area (Å²) in [6, 6.07) is 16.7. The van der Waals surface area contributed by atoms with Crippen LogP contribution in [0.2, 0.25) is 0 Å². The first-order valence-corrected chi connectivity index (χ1v) is 9.58. The smallest absolute Gasteiger partial charge is 0.142 e. The number of aromatic nitrogens is 4. The van der Waals surface area contributed by atoms with Crippen molar-refractivity contribution in [1.29, 1.82) is 0 Å². The molecule has 1 N–H and O–H groups in total. The van der Waals surface area contributed by atoms with Gasteiger partial charge in [0.1, 0.15) is 24.3 Å². The molecule has 0 amide bonds. The molecule has 1 fully saturated rings. The molecule has 0 aliphatic carbocycles. The third-order valence-corrected chi connectivity index (χ3v) is 5.02. The SMILES string of the molecule is c1cc(-c2ccc3ncnc(Nc4ccncn4)c3c2)cc(N2CCOCC2)c1. The van der Waals surface area contributed by atoms with E-state index >= 15 is 0 Å². The van der Waals surface area contributed by atoms with E-state index in [4.69, 9.17) is 4.74 Å². The molecule has 4 aromatic rings. The first kappa shape index (κ1) is 17.5. The monoisotopic (exact) mass is 384 g/mol. The zero-order valence-corrected chi connectivity index (χ0v) is 15.8. The largest absolute Gasteiger partial charge is 0.378 e. The highest BCUT2D eigenvalue weighted by Crippen LogP contribution is 2.30. The van der Waals surface area contributed by atoms with Crippen LogP contribution in [-0.4, -0.2) is 46.2 Å². The van der Waals surface area contributed by atoms with Gasteiger partial charge in [-0.15, -0.1) is 0 Å². The van der Waals surface area contributed by atoms with E-state index in [1.54, 1.807) is 12.5 Å². The van der Waals surface area contributed by atoms with Crippen molar-refractivity contribution >= 4 is 28.2 Å². The summed E-state index contributed by atoms with van der Waals surface area (Å²) in [6.07, 6.45) is 4.76. The van der Waals surface area contributed by atoms with Crippen LogP contribution in [0.15, 0.2) is 67.4 Å². The van der Waals surface area contributed by atoms with Crippen molar-refractivity contribution in [3.8, 4) is 11.1 Å². The van der Waals surface area contributed by atoms with Crippen LogP contribution in [0.3, 0.4) is 0 Å². The van der Waals surface area contributed by atoms with E-state index in [0.717, 1.165) is 54.2 Å². The lowest BCUT2D eigenvalue weighted by Crippen LogP contribution is -2.36. The molecule has 0 radical (unpaired) electrons. The molecule has 29 heavy (non-hydrogen) atoms. The Hall–Kier alpha value is -3.58. The molecule has 144 valence electrons. The van der Waals surface area contributed by atoms with E-state index in [1.165, 1.54) is 12.0 Å². The average Bonchev–Trinajstić information content (AvgIpc) is 2.80. The number of benzene rings is 2. The van der Waals surface area contributed by atoms with Crippen molar-refractivity contribution in [2.45, 2.75) is 0 Å². The summed E-state index contributed by atoms with van der Waals surface area (Å²) >= 11 is 0. The Morgan fingerprint density at radius 1 is 0.862 bits per heavy atom. The van der Waals surface area contributed by atoms with E-state index in [-0.39, 0.29) is 0 Å². The van der Waals surface area contributed by atoms with Crippen molar-refractivity contribution < 1.29 is 4.74 Å². The predicted molar refractivity (Wildman–Crippen MR) is 113 cm³/mol. The molecule has 7 heteroatoms. The first-order chi connectivity index (χ1) is 14.4. The van der Waals surface area contributed by atoms with Gasteiger partial charge in [-0.25, -0.2) is 19.9 Å². The van der Waals surface area contributed by atoms with Crippen LogP contribution < -0.4 is 10.2 Å². The normalized spacial score (nSPS) is 14.1. The highest BCUT2D eigenvalue weighted by molar-refractivity contribution is 5.93. The number of anilines is 3. The van der Waals surface area contributed by atoms with Gasteiger partial charge in [0.15, 0.2) is 0 Å². The topological polar surface area (TPSA) is 76.1 Å². The number of morpholine rings is 1. The number of hydrogen-bond acceptors (Lipinski definition) is 7. The minimum atomic E-state index is 0.694. The molecule has 0 unspecified atom stereocenters. The third kappa shape index (κ3) is 3.72. The van der Waals surface area contributed by atoms with Crippen LogP contribution in [-0.2, 0) is 4.74 Å². The lowest BCUT2D eigenvalue weighted by atomic mass is 10.0. The van der Waals surface area contributed by atoms with Crippen LogP contribution in [0.4, 0.5) is 17.3 Å². The molecule has 0 spiro atoms. The summed E-state index contributed by atoms with van der Waals surface area (Å²) in [5, 5.41) is 4.21. The molecule has 5 rings (SSSR count). The van der Waals surface area contributed by atoms with E-state index in [0.29, 0.717) is 5.82 Å². The fourth-order valence-electron chi connectivity index (χ4n) is 3.53. The molecule has 0 atom stereocenters. The molecule has 1 aliphatic heterocycles. The van der Waals surface area contributed by atoms with Gasteiger partial charge >= 0.3 is 0 Å². The van der Waals surface area contributed by atoms with Gasteiger partial charge in [0.2, 0.25) is 0 Å². The second kappa shape index (κ2) is 7.81. The number of nitrogens with zero attached hydrogens (tertiary/aromatic N) is 5. The van der Waals surface area contributed by atoms with Gasteiger partial charge in [-0.1, -0.05) is 18.2 Å². The zero-order valence-electron chi connectivity index (χ0n) is 15.8. The van der Waals surface area contributed by atoms with Crippen LogP contribution in [0, 0.1) is 0 Å². The van der Waals surface area contributed by atoms with E-state index in [2.05, 4.69) is 66.6 Å². The predicted octanol–water partition coefficient (Wildman–Crippen LogP) is 3.67. The summed E-state index contributed by atoms with van der Waals surface area (Å²) in [4.78, 5) is 19.4. The molecule has 3 heterocycles. The second-order valence-corrected chi connectivity index (χ2v) is 6.82. The van der Waals surface area contributed by atoms with E-state index in [1.807, 2.05) is 12.1 Å². The minimum Gasteiger partial charge on any atom is -0.378 e. The highest BCUT2D eigenvalue weighted by Gasteiger charge is 2.12.